The molecule has 26 heavy (non-hydrogen) atoms. The molecule has 1 aliphatic rings. The molecule has 0 spiro atoms. The summed E-state index contributed by atoms with van der Waals surface area (Å²) in [6.07, 6.45) is 8.28. The number of nitrogens with zero attached hydrogens (tertiary/aromatic N) is 2. The predicted molar refractivity (Wildman–Crippen MR) is 98.8 cm³/mol. The number of pyridine rings is 1. The Morgan fingerprint density at radius 2 is 1.96 bits per heavy atom. The number of ether oxygens (including phenoxy) is 1. The number of anilines is 1. The van der Waals surface area contributed by atoms with Crippen LogP contribution in [0.3, 0.4) is 0 Å². The monoisotopic (exact) mass is 365 g/mol. The molecule has 144 valence electrons. The van der Waals surface area contributed by atoms with E-state index in [0.717, 1.165) is 51.4 Å². The van der Waals surface area contributed by atoms with Gasteiger partial charge < -0.3 is 25.2 Å². The third kappa shape index (κ3) is 9.63. The first-order valence-corrected chi connectivity index (χ1v) is 8.70. The summed E-state index contributed by atoms with van der Waals surface area (Å²) in [5.41, 5.74) is 1.17. The van der Waals surface area contributed by atoms with Gasteiger partial charge in [0.2, 0.25) is 0 Å². The van der Waals surface area contributed by atoms with Gasteiger partial charge in [-0.25, -0.2) is 9.59 Å². The number of aromatic nitrogens is 1. The smallest absolute Gasteiger partial charge is 0.328 e. The highest BCUT2D eigenvalue weighted by Crippen LogP contribution is 2.20. The van der Waals surface area contributed by atoms with Gasteiger partial charge in [0.05, 0.1) is 24.7 Å². The highest BCUT2D eigenvalue weighted by molar-refractivity contribution is 5.89. The Labute approximate surface area is 153 Å². The van der Waals surface area contributed by atoms with Crippen molar-refractivity contribution < 1.29 is 24.5 Å². The van der Waals surface area contributed by atoms with Crippen molar-refractivity contribution in [2.45, 2.75) is 26.2 Å². The van der Waals surface area contributed by atoms with E-state index in [-0.39, 0.29) is 0 Å². The first-order valence-electron chi connectivity index (χ1n) is 8.70. The zero-order valence-corrected chi connectivity index (χ0v) is 15.1. The van der Waals surface area contributed by atoms with Crippen molar-refractivity contribution in [1.82, 2.24) is 10.3 Å². The minimum Gasteiger partial charge on any atom is -0.492 e. The van der Waals surface area contributed by atoms with E-state index >= 15 is 0 Å². The van der Waals surface area contributed by atoms with Gasteiger partial charge in [0, 0.05) is 37.9 Å². The van der Waals surface area contributed by atoms with E-state index < -0.39 is 11.9 Å². The standard InChI is InChI=1S/C14H23N3O.C4H4O4/c1-2-3-9-18-14-10-13(11-16-12-14)17-7-4-5-15-6-8-17;5-3(6)1-2-4(7)8/h10-12,15H,2-9H2,1H3;1-2H,(H,5,6)(H,7,8)/b;2-1+. The maximum Gasteiger partial charge on any atom is 0.328 e. The molecule has 8 heteroatoms. The summed E-state index contributed by atoms with van der Waals surface area (Å²) in [6, 6.07) is 2.11. The van der Waals surface area contributed by atoms with Crippen molar-refractivity contribution in [2.24, 2.45) is 0 Å². The lowest BCUT2D eigenvalue weighted by Gasteiger charge is -2.22. The average Bonchev–Trinajstić information content (AvgIpc) is 2.90. The maximum atomic E-state index is 9.55. The minimum atomic E-state index is -1.26. The molecule has 1 aromatic rings. The first kappa shape index (κ1) is 21.4. The predicted octanol–water partition coefficient (Wildman–Crippen LogP) is 1.77. The summed E-state index contributed by atoms with van der Waals surface area (Å²) >= 11 is 0. The first-order chi connectivity index (χ1) is 12.5. The number of nitrogens with one attached hydrogen (secondary N) is 1. The van der Waals surface area contributed by atoms with Crippen LogP contribution in [0.2, 0.25) is 0 Å². The van der Waals surface area contributed by atoms with E-state index in [1.165, 1.54) is 12.1 Å². The van der Waals surface area contributed by atoms with Crippen LogP contribution < -0.4 is 15.0 Å². The zero-order chi connectivity index (χ0) is 19.2. The lowest BCUT2D eigenvalue weighted by Crippen LogP contribution is -2.27. The molecule has 0 radical (unpaired) electrons. The molecule has 1 saturated heterocycles. The van der Waals surface area contributed by atoms with Crippen molar-refractivity contribution in [2.75, 3.05) is 37.7 Å². The van der Waals surface area contributed by atoms with Crippen molar-refractivity contribution >= 4 is 17.6 Å². The number of rotatable bonds is 7. The fraction of sp³-hybridized carbons (Fsp3) is 0.500. The second kappa shape index (κ2) is 12.7. The molecule has 0 aromatic carbocycles. The van der Waals surface area contributed by atoms with Crippen LogP contribution in [0.4, 0.5) is 5.69 Å². The molecule has 0 saturated carbocycles. The van der Waals surface area contributed by atoms with Crippen LogP contribution in [-0.4, -0.2) is 59.9 Å². The van der Waals surface area contributed by atoms with Gasteiger partial charge in [-0.15, -0.1) is 0 Å². The number of carboxylic acid groups (broad SMARTS) is 2. The minimum absolute atomic E-state index is 0.558. The van der Waals surface area contributed by atoms with E-state index in [9.17, 15) is 9.59 Å². The summed E-state index contributed by atoms with van der Waals surface area (Å²) in [5.74, 6) is -1.63. The molecular weight excluding hydrogens is 338 g/mol. The van der Waals surface area contributed by atoms with Crippen LogP contribution in [0.1, 0.15) is 26.2 Å². The van der Waals surface area contributed by atoms with E-state index in [4.69, 9.17) is 14.9 Å². The third-order valence-corrected chi connectivity index (χ3v) is 3.54. The second-order valence-electron chi connectivity index (χ2n) is 5.68. The van der Waals surface area contributed by atoms with Gasteiger partial charge in [0.15, 0.2) is 0 Å². The molecule has 1 aromatic heterocycles. The van der Waals surface area contributed by atoms with Gasteiger partial charge in [-0.3, -0.25) is 4.98 Å². The lowest BCUT2D eigenvalue weighted by molar-refractivity contribution is -0.134. The van der Waals surface area contributed by atoms with Crippen LogP contribution >= 0.6 is 0 Å². The maximum absolute atomic E-state index is 9.55. The van der Waals surface area contributed by atoms with Crippen LogP contribution in [0.5, 0.6) is 5.75 Å². The topological polar surface area (TPSA) is 112 Å². The molecule has 3 N–H and O–H groups in total. The molecule has 0 amide bonds. The third-order valence-electron chi connectivity index (χ3n) is 3.54. The van der Waals surface area contributed by atoms with Crippen molar-refractivity contribution in [3.8, 4) is 5.75 Å². The Bertz CT molecular complexity index is 568. The Balaban J connectivity index is 0.000000359. The van der Waals surface area contributed by atoms with Gasteiger partial charge in [0.1, 0.15) is 5.75 Å². The van der Waals surface area contributed by atoms with Crippen LogP contribution in [0, 0.1) is 0 Å². The van der Waals surface area contributed by atoms with Crippen LogP contribution in [-0.2, 0) is 9.59 Å². The number of hydrogen-bond acceptors (Lipinski definition) is 6. The van der Waals surface area contributed by atoms with Crippen molar-refractivity contribution in [3.63, 3.8) is 0 Å². The Hall–Kier alpha value is -2.61. The average molecular weight is 365 g/mol. The van der Waals surface area contributed by atoms with Gasteiger partial charge >= 0.3 is 11.9 Å². The Kier molecular flexibility index (Phi) is 10.5. The van der Waals surface area contributed by atoms with Gasteiger partial charge in [0.25, 0.3) is 0 Å². The quantitative estimate of drug-likeness (QED) is 0.495. The fourth-order valence-electron chi connectivity index (χ4n) is 2.24. The van der Waals surface area contributed by atoms with Gasteiger partial charge in [-0.2, -0.15) is 0 Å². The molecule has 1 fully saturated rings. The largest absolute Gasteiger partial charge is 0.492 e. The molecule has 2 rings (SSSR count). The molecule has 1 aliphatic heterocycles. The Morgan fingerprint density at radius 1 is 1.23 bits per heavy atom. The van der Waals surface area contributed by atoms with E-state index in [1.54, 1.807) is 6.20 Å². The molecule has 0 bridgehead atoms. The van der Waals surface area contributed by atoms with E-state index in [2.05, 4.69) is 28.2 Å². The summed E-state index contributed by atoms with van der Waals surface area (Å²) in [6.45, 7) is 7.23. The molecule has 8 nitrogen and oxygen atoms in total. The van der Waals surface area contributed by atoms with E-state index in [1.807, 2.05) is 6.20 Å². The number of carboxylic acids is 2. The summed E-state index contributed by atoms with van der Waals surface area (Å²) < 4.78 is 5.70. The molecule has 0 aliphatic carbocycles. The van der Waals surface area contributed by atoms with Crippen molar-refractivity contribution in [1.29, 1.82) is 0 Å². The van der Waals surface area contributed by atoms with Crippen LogP contribution in [0.25, 0.3) is 0 Å². The van der Waals surface area contributed by atoms with Gasteiger partial charge in [-0.1, -0.05) is 13.3 Å². The normalized spacial score (nSPS) is 14.3. The fourth-order valence-corrected chi connectivity index (χ4v) is 2.24. The lowest BCUT2D eigenvalue weighted by atomic mass is 10.3. The van der Waals surface area contributed by atoms with Crippen molar-refractivity contribution in [3.05, 3.63) is 30.6 Å². The number of unbranched alkanes of at least 4 members (excludes halogenated alkanes) is 1. The molecule has 0 unspecified atom stereocenters. The van der Waals surface area contributed by atoms with E-state index in [0.29, 0.717) is 12.2 Å². The highest BCUT2D eigenvalue weighted by atomic mass is 16.5. The second-order valence-corrected chi connectivity index (χ2v) is 5.68. The zero-order valence-electron chi connectivity index (χ0n) is 15.1. The number of carbonyl (C=O) groups is 2. The number of aliphatic carboxylic acids is 2. The SMILES string of the molecule is CCCCOc1cncc(N2CCCNCC2)c1.O=C(O)/C=C/C(=O)O. The number of hydrogen-bond donors (Lipinski definition) is 3. The Morgan fingerprint density at radius 3 is 2.62 bits per heavy atom. The summed E-state index contributed by atoms with van der Waals surface area (Å²) in [5, 5.41) is 19.0. The van der Waals surface area contributed by atoms with Crippen LogP contribution in [0.15, 0.2) is 30.6 Å². The molecule has 0 atom stereocenters. The highest BCUT2D eigenvalue weighted by Gasteiger charge is 2.10. The molecule has 2 heterocycles. The summed E-state index contributed by atoms with van der Waals surface area (Å²) in [4.78, 5) is 25.8. The van der Waals surface area contributed by atoms with Gasteiger partial charge in [-0.05, 0) is 19.4 Å². The summed E-state index contributed by atoms with van der Waals surface area (Å²) in [7, 11) is 0. The molecular formula is C18H27N3O5.